The number of hydrogen-bond acceptors (Lipinski definition) is 9. The van der Waals surface area contributed by atoms with Crippen molar-refractivity contribution < 1.29 is 23.7 Å². The summed E-state index contributed by atoms with van der Waals surface area (Å²) in [6.07, 6.45) is -1.82. The summed E-state index contributed by atoms with van der Waals surface area (Å²) in [5.74, 6) is 0.639. The number of rotatable bonds is 6. The lowest BCUT2D eigenvalue weighted by Crippen LogP contribution is -2.35. The van der Waals surface area contributed by atoms with Gasteiger partial charge in [-0.3, -0.25) is 5.32 Å². The number of ether oxygens (including phenoxy) is 4. The molecule has 3 aromatic rings. The smallest absolute Gasteiger partial charge is 0.412 e. The molecular formula is C21H21N5O5S. The minimum atomic E-state index is -0.581. The zero-order chi connectivity index (χ0) is 21.9. The van der Waals surface area contributed by atoms with Crippen LogP contribution < -0.4 is 10.1 Å². The van der Waals surface area contributed by atoms with Crippen molar-refractivity contribution in [3.63, 3.8) is 0 Å². The number of amides is 1. The van der Waals surface area contributed by atoms with Gasteiger partial charge in [0, 0.05) is 16.6 Å². The van der Waals surface area contributed by atoms with E-state index in [0.717, 1.165) is 4.90 Å². The van der Waals surface area contributed by atoms with Crippen molar-refractivity contribution in [3.05, 3.63) is 54.6 Å². The third kappa shape index (κ3) is 4.27. The van der Waals surface area contributed by atoms with Gasteiger partial charge < -0.3 is 18.9 Å². The van der Waals surface area contributed by atoms with Crippen molar-refractivity contribution in [2.24, 2.45) is 0 Å². The van der Waals surface area contributed by atoms with E-state index in [1.165, 1.54) is 11.8 Å². The topological polar surface area (TPSA) is 110 Å². The molecule has 0 bridgehead atoms. The molecule has 0 aliphatic carbocycles. The van der Waals surface area contributed by atoms with Crippen molar-refractivity contribution in [1.82, 2.24) is 20.2 Å². The summed E-state index contributed by atoms with van der Waals surface area (Å²) < 4.78 is 24.4. The Labute approximate surface area is 188 Å². The molecule has 10 nitrogen and oxygen atoms in total. The summed E-state index contributed by atoms with van der Waals surface area (Å²) in [7, 11) is 1.57. The Balaban J connectivity index is 1.22. The summed E-state index contributed by atoms with van der Waals surface area (Å²) >= 11 is 1.47. The maximum Gasteiger partial charge on any atom is 0.412 e. The first-order valence-corrected chi connectivity index (χ1v) is 10.9. The third-order valence-electron chi connectivity index (χ3n) is 5.29. The number of hydrogen-bond donors (Lipinski definition) is 1. The van der Waals surface area contributed by atoms with E-state index < -0.39 is 18.3 Å². The number of anilines is 1. The summed E-state index contributed by atoms with van der Waals surface area (Å²) in [4.78, 5) is 13.4. The van der Waals surface area contributed by atoms with Gasteiger partial charge in [-0.05, 0) is 46.5 Å². The van der Waals surface area contributed by atoms with Crippen LogP contribution in [0.2, 0.25) is 0 Å². The lowest BCUT2D eigenvalue weighted by Gasteiger charge is -2.17. The van der Waals surface area contributed by atoms with Crippen LogP contribution >= 0.6 is 11.8 Å². The molecular weight excluding hydrogens is 434 g/mol. The van der Waals surface area contributed by atoms with Crippen molar-refractivity contribution >= 4 is 23.5 Å². The predicted octanol–water partition coefficient (Wildman–Crippen LogP) is 2.79. The average molecular weight is 455 g/mol. The van der Waals surface area contributed by atoms with Crippen molar-refractivity contribution in [1.29, 1.82) is 0 Å². The lowest BCUT2D eigenvalue weighted by atomic mass is 10.1. The maximum atomic E-state index is 12.4. The SMILES string of the molecule is COc1cccc(NC(=O)O[C@H]2CO[C@@H]3[C@@H]2OC[C@@H]3n2nnnc2Sc2ccccc2)c1. The van der Waals surface area contributed by atoms with Crippen LogP contribution in [0.5, 0.6) is 5.75 Å². The van der Waals surface area contributed by atoms with Crippen LogP contribution in [0.25, 0.3) is 0 Å². The fourth-order valence-electron chi connectivity index (χ4n) is 3.80. The second-order valence-electron chi connectivity index (χ2n) is 7.29. The Morgan fingerprint density at radius 3 is 2.81 bits per heavy atom. The highest BCUT2D eigenvalue weighted by atomic mass is 32.2. The van der Waals surface area contributed by atoms with Gasteiger partial charge in [0.1, 0.15) is 24.0 Å². The largest absolute Gasteiger partial charge is 0.497 e. The molecule has 1 aromatic heterocycles. The molecule has 3 heterocycles. The second kappa shape index (κ2) is 9.15. The summed E-state index contributed by atoms with van der Waals surface area (Å²) in [5, 5.41) is 15.5. The standard InChI is InChI=1S/C21H21N5O5S/c1-28-14-7-5-6-13(10-14)22-21(27)31-17-12-30-18-16(11-29-19(17)18)26-20(23-24-25-26)32-15-8-3-2-4-9-15/h2-10,16-19H,11-12H2,1H3,(H,22,27)/t16-,17-,18-,19+/m0/s1. The van der Waals surface area contributed by atoms with Crippen molar-refractivity contribution in [2.75, 3.05) is 25.6 Å². The van der Waals surface area contributed by atoms with Crippen molar-refractivity contribution in [2.45, 2.75) is 34.4 Å². The van der Waals surface area contributed by atoms with Crippen LogP contribution in [-0.2, 0) is 14.2 Å². The molecule has 0 radical (unpaired) electrons. The second-order valence-corrected chi connectivity index (χ2v) is 8.33. The Bertz CT molecular complexity index is 1080. The van der Waals surface area contributed by atoms with E-state index in [0.29, 0.717) is 23.2 Å². The Kier molecular flexibility index (Phi) is 5.93. The normalized spacial score (nSPS) is 24.2. The molecule has 11 heteroatoms. The van der Waals surface area contributed by atoms with Crippen LogP contribution in [0.3, 0.4) is 0 Å². The zero-order valence-corrected chi connectivity index (χ0v) is 18.0. The average Bonchev–Trinajstić information content (AvgIpc) is 3.52. The van der Waals surface area contributed by atoms with Crippen LogP contribution in [0.15, 0.2) is 64.6 Å². The summed E-state index contributed by atoms with van der Waals surface area (Å²) in [6, 6.07) is 16.7. The number of fused-ring (bicyclic) bond motifs is 1. The molecule has 2 saturated heterocycles. The molecule has 2 aromatic carbocycles. The molecule has 2 aliphatic heterocycles. The first-order chi connectivity index (χ1) is 15.7. The third-order valence-corrected chi connectivity index (χ3v) is 6.24. The lowest BCUT2D eigenvalue weighted by molar-refractivity contribution is 0.00751. The van der Waals surface area contributed by atoms with Gasteiger partial charge in [0.15, 0.2) is 6.10 Å². The van der Waals surface area contributed by atoms with Gasteiger partial charge in [-0.25, -0.2) is 9.48 Å². The van der Waals surface area contributed by atoms with Crippen LogP contribution in [0, 0.1) is 0 Å². The summed E-state index contributed by atoms with van der Waals surface area (Å²) in [6.45, 7) is 0.598. The number of methoxy groups -OCH3 is 1. The first-order valence-electron chi connectivity index (χ1n) is 10.1. The highest BCUT2D eigenvalue weighted by Gasteiger charge is 2.51. The van der Waals surface area contributed by atoms with Gasteiger partial charge in [-0.2, -0.15) is 0 Å². The van der Waals surface area contributed by atoms with E-state index in [1.54, 1.807) is 36.1 Å². The number of tetrazole rings is 1. The molecule has 2 fully saturated rings. The van der Waals surface area contributed by atoms with Crippen molar-refractivity contribution in [3.8, 4) is 5.75 Å². The fraction of sp³-hybridized carbons (Fsp3) is 0.333. The van der Waals surface area contributed by atoms with Gasteiger partial charge in [-0.1, -0.05) is 24.3 Å². The zero-order valence-electron chi connectivity index (χ0n) is 17.2. The minimum Gasteiger partial charge on any atom is -0.497 e. The van der Waals surface area contributed by atoms with Crippen LogP contribution in [-0.4, -0.2) is 64.9 Å². The number of nitrogens with zero attached hydrogens (tertiary/aromatic N) is 4. The molecule has 0 spiro atoms. The first kappa shape index (κ1) is 20.7. The van der Waals surface area contributed by atoms with E-state index in [-0.39, 0.29) is 18.8 Å². The van der Waals surface area contributed by atoms with Gasteiger partial charge in [0.25, 0.3) is 0 Å². The fourth-order valence-corrected chi connectivity index (χ4v) is 4.64. The van der Waals surface area contributed by atoms with Gasteiger partial charge in [-0.15, -0.1) is 5.10 Å². The Morgan fingerprint density at radius 1 is 1.12 bits per heavy atom. The molecule has 0 saturated carbocycles. The van der Waals surface area contributed by atoms with E-state index in [1.807, 2.05) is 30.3 Å². The molecule has 2 aliphatic rings. The Morgan fingerprint density at radius 2 is 1.97 bits per heavy atom. The molecule has 166 valence electrons. The van der Waals surface area contributed by atoms with E-state index in [4.69, 9.17) is 18.9 Å². The number of nitrogens with one attached hydrogen (secondary N) is 1. The summed E-state index contributed by atoms with van der Waals surface area (Å²) in [5.41, 5.74) is 0.575. The molecule has 32 heavy (non-hydrogen) atoms. The molecule has 1 amide bonds. The molecule has 4 atom stereocenters. The van der Waals surface area contributed by atoms with Gasteiger partial charge in [0.2, 0.25) is 5.16 Å². The number of aromatic nitrogens is 4. The number of benzene rings is 2. The molecule has 5 rings (SSSR count). The van der Waals surface area contributed by atoms with E-state index in [2.05, 4.69) is 20.8 Å². The number of carbonyl (C=O) groups excluding carboxylic acids is 1. The van der Waals surface area contributed by atoms with Gasteiger partial charge in [0.05, 0.1) is 20.3 Å². The van der Waals surface area contributed by atoms with Gasteiger partial charge >= 0.3 is 6.09 Å². The maximum absolute atomic E-state index is 12.4. The van der Waals surface area contributed by atoms with Crippen LogP contribution in [0.1, 0.15) is 6.04 Å². The minimum absolute atomic E-state index is 0.212. The molecule has 0 unspecified atom stereocenters. The quantitative estimate of drug-likeness (QED) is 0.600. The van der Waals surface area contributed by atoms with E-state index in [9.17, 15) is 4.79 Å². The Hall–Kier alpha value is -3.15. The monoisotopic (exact) mass is 455 g/mol. The van der Waals surface area contributed by atoms with Crippen LogP contribution in [0.4, 0.5) is 10.5 Å². The highest BCUT2D eigenvalue weighted by molar-refractivity contribution is 7.99. The highest BCUT2D eigenvalue weighted by Crippen LogP contribution is 2.37. The van der Waals surface area contributed by atoms with E-state index >= 15 is 0 Å². The predicted molar refractivity (Wildman–Crippen MR) is 114 cm³/mol. The molecule has 1 N–H and O–H groups in total. The number of carbonyl (C=O) groups is 1.